The summed E-state index contributed by atoms with van der Waals surface area (Å²) >= 11 is 12.6. The van der Waals surface area contributed by atoms with E-state index in [4.69, 9.17) is 23.2 Å². The number of halogens is 2. The van der Waals surface area contributed by atoms with Crippen molar-refractivity contribution >= 4 is 50.7 Å². The van der Waals surface area contributed by atoms with Crippen molar-refractivity contribution in [3.8, 4) is 0 Å². The molecule has 0 heterocycles. The molecule has 0 aliphatic rings. The largest absolute Gasteiger partial charge is 0.354 e. The molecule has 41 heavy (non-hydrogen) atoms. The Morgan fingerprint density at radius 2 is 1.63 bits per heavy atom. The fourth-order valence-electron chi connectivity index (χ4n) is 4.41. The summed E-state index contributed by atoms with van der Waals surface area (Å²) in [6.07, 6.45) is 1.29. The number of rotatable bonds is 12. The molecular weight excluding hydrogens is 581 g/mol. The number of sulfonamides is 1. The van der Waals surface area contributed by atoms with Crippen LogP contribution in [0.1, 0.15) is 36.1 Å². The van der Waals surface area contributed by atoms with Crippen molar-refractivity contribution < 1.29 is 18.0 Å². The number of amides is 2. The van der Waals surface area contributed by atoms with Gasteiger partial charge in [0.05, 0.1) is 11.9 Å². The summed E-state index contributed by atoms with van der Waals surface area (Å²) in [6.45, 7) is 7.57. The molecule has 2 amide bonds. The van der Waals surface area contributed by atoms with E-state index in [0.717, 1.165) is 27.3 Å². The first-order valence-corrected chi connectivity index (χ1v) is 16.0. The van der Waals surface area contributed by atoms with Gasteiger partial charge in [-0.25, -0.2) is 8.42 Å². The van der Waals surface area contributed by atoms with E-state index in [0.29, 0.717) is 27.8 Å². The molecule has 10 heteroatoms. The Balaban J connectivity index is 2.10. The van der Waals surface area contributed by atoms with E-state index in [1.165, 1.54) is 4.90 Å². The standard InChI is InChI=1S/C31H37Cl2N3O4S/c1-21(2)18-34-31(38)29(16-24-11-7-6-8-12-24)35(19-25-14-15-26(32)17-27(25)33)30(37)20-36(41(5,39)40)28-13-9-10-22(3)23(28)4/h6-15,17,21,29H,16,18-20H2,1-5H3,(H,34,38)/t29-/m1/s1. The predicted molar refractivity (Wildman–Crippen MR) is 167 cm³/mol. The zero-order valence-corrected chi connectivity index (χ0v) is 26.4. The lowest BCUT2D eigenvalue weighted by Crippen LogP contribution is -2.53. The van der Waals surface area contributed by atoms with Crippen LogP contribution >= 0.6 is 23.2 Å². The molecule has 0 bridgehead atoms. The lowest BCUT2D eigenvalue weighted by Gasteiger charge is -2.34. The van der Waals surface area contributed by atoms with Gasteiger partial charge in [-0.15, -0.1) is 0 Å². The Morgan fingerprint density at radius 3 is 2.24 bits per heavy atom. The highest BCUT2D eigenvalue weighted by Gasteiger charge is 2.33. The van der Waals surface area contributed by atoms with Gasteiger partial charge in [-0.2, -0.15) is 0 Å². The maximum atomic E-state index is 14.2. The SMILES string of the molecule is Cc1cccc(N(CC(=O)N(Cc2ccc(Cl)cc2Cl)[C@H](Cc2ccccc2)C(=O)NCC(C)C)S(C)(=O)=O)c1C. The van der Waals surface area contributed by atoms with E-state index in [-0.39, 0.29) is 24.8 Å². The number of hydrogen-bond donors (Lipinski definition) is 1. The summed E-state index contributed by atoms with van der Waals surface area (Å²) in [5.41, 5.74) is 3.48. The topological polar surface area (TPSA) is 86.8 Å². The van der Waals surface area contributed by atoms with Crippen LogP contribution in [0.5, 0.6) is 0 Å². The first-order valence-electron chi connectivity index (χ1n) is 13.4. The van der Waals surface area contributed by atoms with Crippen LogP contribution in [0.15, 0.2) is 66.7 Å². The quantitative estimate of drug-likeness (QED) is 0.279. The highest BCUT2D eigenvalue weighted by Crippen LogP contribution is 2.27. The fraction of sp³-hybridized carbons (Fsp3) is 0.355. The Bertz CT molecular complexity index is 1480. The minimum absolute atomic E-state index is 0.0220. The van der Waals surface area contributed by atoms with Crippen molar-refractivity contribution in [3.63, 3.8) is 0 Å². The summed E-state index contributed by atoms with van der Waals surface area (Å²) in [5, 5.41) is 3.73. The molecule has 0 spiro atoms. The number of hydrogen-bond acceptors (Lipinski definition) is 4. The van der Waals surface area contributed by atoms with Crippen LogP contribution in [0.2, 0.25) is 10.0 Å². The van der Waals surface area contributed by atoms with E-state index in [1.807, 2.05) is 64.1 Å². The van der Waals surface area contributed by atoms with Gasteiger partial charge in [-0.3, -0.25) is 13.9 Å². The van der Waals surface area contributed by atoms with Gasteiger partial charge < -0.3 is 10.2 Å². The van der Waals surface area contributed by atoms with Crippen LogP contribution in [-0.4, -0.2) is 50.5 Å². The van der Waals surface area contributed by atoms with Crippen LogP contribution in [0.25, 0.3) is 0 Å². The Hall–Kier alpha value is -3.07. The summed E-state index contributed by atoms with van der Waals surface area (Å²) in [6, 6.07) is 18.7. The van der Waals surface area contributed by atoms with E-state index in [9.17, 15) is 18.0 Å². The van der Waals surface area contributed by atoms with Gasteiger partial charge in [0, 0.05) is 29.6 Å². The lowest BCUT2D eigenvalue weighted by atomic mass is 10.0. The molecule has 1 atom stereocenters. The lowest BCUT2D eigenvalue weighted by molar-refractivity contribution is -0.140. The van der Waals surface area contributed by atoms with Crippen molar-refractivity contribution in [1.82, 2.24) is 10.2 Å². The normalized spacial score (nSPS) is 12.2. The minimum atomic E-state index is -3.86. The van der Waals surface area contributed by atoms with E-state index >= 15 is 0 Å². The Morgan fingerprint density at radius 1 is 0.951 bits per heavy atom. The van der Waals surface area contributed by atoms with Crippen LogP contribution in [0.4, 0.5) is 5.69 Å². The molecule has 3 aromatic rings. The van der Waals surface area contributed by atoms with Gasteiger partial charge in [-0.1, -0.05) is 85.6 Å². The van der Waals surface area contributed by atoms with Crippen molar-refractivity contribution in [2.24, 2.45) is 5.92 Å². The second-order valence-corrected chi connectivity index (χ2v) is 13.3. The molecule has 0 aliphatic carbocycles. The second kappa shape index (κ2) is 14.2. The summed E-state index contributed by atoms with van der Waals surface area (Å²) in [5.74, 6) is -0.683. The van der Waals surface area contributed by atoms with Crippen LogP contribution in [0.3, 0.4) is 0 Å². The number of benzene rings is 3. The first kappa shape index (κ1) is 32.4. The van der Waals surface area contributed by atoms with Crippen LogP contribution in [-0.2, 0) is 32.6 Å². The summed E-state index contributed by atoms with van der Waals surface area (Å²) in [4.78, 5) is 29.3. The number of nitrogens with one attached hydrogen (secondary N) is 1. The minimum Gasteiger partial charge on any atom is -0.354 e. The number of nitrogens with zero attached hydrogens (tertiary/aromatic N) is 2. The molecule has 1 N–H and O–H groups in total. The Kier molecular flexibility index (Phi) is 11.2. The van der Waals surface area contributed by atoms with Gasteiger partial charge in [0.2, 0.25) is 21.8 Å². The average Bonchev–Trinajstić information content (AvgIpc) is 2.90. The smallest absolute Gasteiger partial charge is 0.244 e. The molecule has 0 saturated carbocycles. The molecule has 0 aromatic heterocycles. The zero-order chi connectivity index (χ0) is 30.3. The maximum absolute atomic E-state index is 14.2. The molecule has 7 nitrogen and oxygen atoms in total. The van der Waals surface area contributed by atoms with E-state index in [1.54, 1.807) is 30.3 Å². The molecule has 0 unspecified atom stereocenters. The van der Waals surface area contributed by atoms with Crippen molar-refractivity contribution in [2.45, 2.75) is 46.7 Å². The number of aryl methyl sites for hydroxylation is 1. The first-order chi connectivity index (χ1) is 19.3. The highest BCUT2D eigenvalue weighted by atomic mass is 35.5. The van der Waals surface area contributed by atoms with Crippen LogP contribution < -0.4 is 9.62 Å². The van der Waals surface area contributed by atoms with E-state index in [2.05, 4.69) is 5.32 Å². The molecule has 3 rings (SSSR count). The molecular formula is C31H37Cl2N3O4S. The highest BCUT2D eigenvalue weighted by molar-refractivity contribution is 7.92. The van der Waals surface area contributed by atoms with Gasteiger partial charge >= 0.3 is 0 Å². The van der Waals surface area contributed by atoms with Crippen molar-refractivity contribution in [1.29, 1.82) is 0 Å². The molecule has 3 aromatic carbocycles. The number of carbonyl (C=O) groups excluding carboxylic acids is 2. The molecule has 0 aliphatic heterocycles. The third kappa shape index (κ3) is 8.96. The summed E-state index contributed by atoms with van der Waals surface area (Å²) < 4.78 is 27.1. The monoisotopic (exact) mass is 617 g/mol. The number of carbonyl (C=O) groups is 2. The molecule has 0 radical (unpaired) electrons. The predicted octanol–water partition coefficient (Wildman–Crippen LogP) is 5.79. The average molecular weight is 619 g/mol. The third-order valence-electron chi connectivity index (χ3n) is 6.84. The second-order valence-electron chi connectivity index (χ2n) is 10.6. The maximum Gasteiger partial charge on any atom is 0.244 e. The zero-order valence-electron chi connectivity index (χ0n) is 24.0. The Labute approximate surface area is 253 Å². The number of anilines is 1. The van der Waals surface area contributed by atoms with Gasteiger partial charge in [0.15, 0.2) is 0 Å². The molecule has 220 valence electrons. The van der Waals surface area contributed by atoms with E-state index < -0.39 is 28.5 Å². The molecule has 0 fully saturated rings. The van der Waals surface area contributed by atoms with Gasteiger partial charge in [0.1, 0.15) is 12.6 Å². The van der Waals surface area contributed by atoms with Crippen LogP contribution in [0, 0.1) is 19.8 Å². The van der Waals surface area contributed by atoms with Gasteiger partial charge in [-0.05, 0) is 60.2 Å². The van der Waals surface area contributed by atoms with Crippen molar-refractivity contribution in [3.05, 3.63) is 99.0 Å². The van der Waals surface area contributed by atoms with Crippen molar-refractivity contribution in [2.75, 3.05) is 23.7 Å². The fourth-order valence-corrected chi connectivity index (χ4v) is 5.78. The molecule has 0 saturated heterocycles. The third-order valence-corrected chi connectivity index (χ3v) is 8.55. The van der Waals surface area contributed by atoms with Gasteiger partial charge in [0.25, 0.3) is 0 Å². The summed E-state index contributed by atoms with van der Waals surface area (Å²) in [7, 11) is -3.86.